The van der Waals surface area contributed by atoms with Crippen LogP contribution in [0.25, 0.3) is 22.2 Å². The molecule has 1 unspecified atom stereocenters. The molecule has 5 rings (SSSR count). The molecule has 2 aromatic heterocycles. The number of halogens is 2. The number of hydrogen-bond donors (Lipinski definition) is 3. The van der Waals surface area contributed by atoms with Gasteiger partial charge in [-0.1, -0.05) is 24.3 Å². The van der Waals surface area contributed by atoms with Gasteiger partial charge in [0.05, 0.1) is 24.1 Å². The number of aromatic nitrogens is 4. The van der Waals surface area contributed by atoms with E-state index in [2.05, 4.69) is 20.6 Å². The summed E-state index contributed by atoms with van der Waals surface area (Å²) in [5.74, 6) is -0.524. The highest BCUT2D eigenvalue weighted by molar-refractivity contribution is 5.99. The molecule has 1 aliphatic rings. The van der Waals surface area contributed by atoms with Gasteiger partial charge in [0.15, 0.2) is 5.82 Å². The van der Waals surface area contributed by atoms with Crippen LogP contribution in [0.5, 0.6) is 5.75 Å². The first-order valence-corrected chi connectivity index (χ1v) is 11.4. The second kappa shape index (κ2) is 9.40. The van der Waals surface area contributed by atoms with E-state index in [1.54, 1.807) is 24.3 Å². The van der Waals surface area contributed by atoms with Crippen LogP contribution in [0.2, 0.25) is 0 Å². The number of alkyl halides is 1. The number of amides is 1. The molecule has 186 valence electrons. The Morgan fingerprint density at radius 2 is 2.03 bits per heavy atom. The average molecular weight is 495 g/mol. The molecule has 1 aliphatic carbocycles. The Morgan fingerprint density at radius 3 is 2.69 bits per heavy atom. The van der Waals surface area contributed by atoms with Crippen LogP contribution < -0.4 is 21.3 Å². The van der Waals surface area contributed by atoms with Crippen LogP contribution in [0.3, 0.4) is 0 Å². The fraction of sp³-hybridized carbons (Fsp3) is 0.280. The third-order valence-electron chi connectivity index (χ3n) is 6.38. The SMILES string of the molecule is COc1ccc(F)cc1C(=O)NCc1ccc(-c2nn(C(CF)C3CC3)c3c(=O)[nH]nc(N)c23)cc1. The Labute approximate surface area is 204 Å². The van der Waals surface area contributed by atoms with Crippen molar-refractivity contribution in [2.45, 2.75) is 25.4 Å². The Hall–Kier alpha value is -4.28. The van der Waals surface area contributed by atoms with Crippen molar-refractivity contribution in [2.24, 2.45) is 5.92 Å². The lowest BCUT2D eigenvalue weighted by Gasteiger charge is -2.13. The highest BCUT2D eigenvalue weighted by atomic mass is 19.1. The van der Waals surface area contributed by atoms with Crippen LogP contribution in [-0.2, 0) is 6.54 Å². The molecule has 0 radical (unpaired) electrons. The van der Waals surface area contributed by atoms with Gasteiger partial charge >= 0.3 is 0 Å². The lowest BCUT2D eigenvalue weighted by Crippen LogP contribution is -2.23. The summed E-state index contributed by atoms with van der Waals surface area (Å²) in [5, 5.41) is 14.0. The fourth-order valence-corrected chi connectivity index (χ4v) is 4.34. The van der Waals surface area contributed by atoms with Crippen molar-refractivity contribution < 1.29 is 18.3 Å². The molecule has 4 aromatic rings. The smallest absolute Gasteiger partial charge is 0.290 e. The van der Waals surface area contributed by atoms with Crippen molar-refractivity contribution in [3.05, 3.63) is 69.8 Å². The maximum absolute atomic E-state index is 13.9. The highest BCUT2D eigenvalue weighted by Gasteiger charge is 2.35. The number of ether oxygens (including phenoxy) is 1. The van der Waals surface area contributed by atoms with Gasteiger partial charge in [-0.2, -0.15) is 10.2 Å². The van der Waals surface area contributed by atoms with E-state index < -0.39 is 30.0 Å². The summed E-state index contributed by atoms with van der Waals surface area (Å²) >= 11 is 0. The van der Waals surface area contributed by atoms with Crippen LogP contribution in [-0.4, -0.2) is 39.7 Å². The molecule has 9 nitrogen and oxygen atoms in total. The standard InChI is InChI=1S/C25H24F2N6O3/c1-36-19-9-8-16(27)10-17(19)24(34)29-12-13-2-4-15(5-3-13)21-20-22(25(35)31-30-23(20)28)33(32-21)18(11-26)14-6-7-14/h2-5,8-10,14,18H,6-7,11-12H2,1H3,(H2,28,30)(H,29,34)(H,31,35). The Balaban J connectivity index is 1.42. The first kappa shape index (κ1) is 23.5. The number of nitrogens with zero attached hydrogens (tertiary/aromatic N) is 3. The fourth-order valence-electron chi connectivity index (χ4n) is 4.34. The number of methoxy groups -OCH3 is 1. The second-order valence-electron chi connectivity index (χ2n) is 8.74. The summed E-state index contributed by atoms with van der Waals surface area (Å²) in [6.45, 7) is -0.458. The highest BCUT2D eigenvalue weighted by Crippen LogP contribution is 2.42. The summed E-state index contributed by atoms with van der Waals surface area (Å²) in [4.78, 5) is 25.2. The zero-order valence-corrected chi connectivity index (χ0v) is 19.4. The Kier molecular flexibility index (Phi) is 6.13. The van der Waals surface area contributed by atoms with E-state index in [-0.39, 0.29) is 35.1 Å². The summed E-state index contributed by atoms with van der Waals surface area (Å²) in [7, 11) is 1.41. The number of hydrogen-bond acceptors (Lipinski definition) is 6. The molecule has 0 spiro atoms. The topological polar surface area (TPSA) is 128 Å². The Bertz CT molecular complexity index is 1490. The summed E-state index contributed by atoms with van der Waals surface area (Å²) in [6.07, 6.45) is 1.76. The number of benzene rings is 2. The molecular formula is C25H24F2N6O3. The van der Waals surface area contributed by atoms with Gasteiger partial charge in [-0.25, -0.2) is 13.9 Å². The first-order chi connectivity index (χ1) is 17.4. The van der Waals surface area contributed by atoms with E-state index >= 15 is 0 Å². The van der Waals surface area contributed by atoms with Crippen LogP contribution >= 0.6 is 0 Å². The number of H-pyrrole nitrogens is 1. The molecule has 1 fully saturated rings. The monoisotopic (exact) mass is 494 g/mol. The van der Waals surface area contributed by atoms with E-state index in [1.807, 2.05) is 0 Å². The van der Waals surface area contributed by atoms with E-state index in [1.165, 1.54) is 23.9 Å². The van der Waals surface area contributed by atoms with Crippen molar-refractivity contribution in [2.75, 3.05) is 19.5 Å². The molecule has 1 amide bonds. The lowest BCUT2D eigenvalue weighted by molar-refractivity contribution is 0.0947. The van der Waals surface area contributed by atoms with Gasteiger partial charge in [0.1, 0.15) is 29.5 Å². The maximum Gasteiger partial charge on any atom is 0.290 e. The second-order valence-corrected chi connectivity index (χ2v) is 8.74. The van der Waals surface area contributed by atoms with E-state index in [0.29, 0.717) is 16.6 Å². The number of rotatable bonds is 8. The molecule has 0 aliphatic heterocycles. The molecule has 4 N–H and O–H groups in total. The number of nitrogens with two attached hydrogens (primary N) is 1. The molecular weight excluding hydrogens is 470 g/mol. The van der Waals surface area contributed by atoms with Crippen molar-refractivity contribution in [1.29, 1.82) is 0 Å². The van der Waals surface area contributed by atoms with Gasteiger partial charge in [0.25, 0.3) is 11.5 Å². The van der Waals surface area contributed by atoms with Gasteiger partial charge in [-0.05, 0) is 42.5 Å². The lowest BCUT2D eigenvalue weighted by atomic mass is 10.1. The summed E-state index contributed by atoms with van der Waals surface area (Å²) in [5.41, 5.74) is 7.78. The number of nitrogen functional groups attached to an aromatic ring is 1. The van der Waals surface area contributed by atoms with Crippen molar-refractivity contribution in [3.63, 3.8) is 0 Å². The summed E-state index contributed by atoms with van der Waals surface area (Å²) < 4.78 is 34.1. The van der Waals surface area contributed by atoms with E-state index in [0.717, 1.165) is 24.5 Å². The van der Waals surface area contributed by atoms with Crippen LogP contribution in [0.1, 0.15) is 34.8 Å². The quantitative estimate of drug-likeness (QED) is 0.345. The zero-order chi connectivity index (χ0) is 25.4. The minimum absolute atomic E-state index is 0.0948. The Morgan fingerprint density at radius 1 is 1.28 bits per heavy atom. The number of nitrogens with one attached hydrogen (secondary N) is 2. The normalized spacial score (nSPS) is 14.1. The van der Waals surface area contributed by atoms with Gasteiger partial charge < -0.3 is 15.8 Å². The predicted octanol–water partition coefficient (Wildman–Crippen LogP) is 3.37. The molecule has 2 heterocycles. The van der Waals surface area contributed by atoms with Gasteiger partial charge in [-0.3, -0.25) is 14.3 Å². The van der Waals surface area contributed by atoms with Crippen LogP contribution in [0.15, 0.2) is 47.3 Å². The van der Waals surface area contributed by atoms with Crippen molar-refractivity contribution in [1.82, 2.24) is 25.3 Å². The van der Waals surface area contributed by atoms with Crippen LogP contribution in [0.4, 0.5) is 14.6 Å². The first-order valence-electron chi connectivity index (χ1n) is 11.4. The molecule has 0 saturated heterocycles. The molecule has 2 aromatic carbocycles. The predicted molar refractivity (Wildman–Crippen MR) is 130 cm³/mol. The number of carbonyl (C=O) groups is 1. The molecule has 1 saturated carbocycles. The third kappa shape index (κ3) is 4.28. The summed E-state index contributed by atoms with van der Waals surface area (Å²) in [6, 6.07) is 10.3. The molecule has 36 heavy (non-hydrogen) atoms. The largest absolute Gasteiger partial charge is 0.496 e. The maximum atomic E-state index is 13.9. The third-order valence-corrected chi connectivity index (χ3v) is 6.38. The number of fused-ring (bicyclic) bond motifs is 1. The van der Waals surface area contributed by atoms with E-state index in [9.17, 15) is 18.4 Å². The number of carbonyl (C=O) groups excluding carboxylic acids is 1. The molecule has 11 heteroatoms. The van der Waals surface area contributed by atoms with Gasteiger partial charge in [0.2, 0.25) is 0 Å². The van der Waals surface area contributed by atoms with Gasteiger partial charge in [-0.15, -0.1) is 0 Å². The molecule has 1 atom stereocenters. The zero-order valence-electron chi connectivity index (χ0n) is 19.4. The minimum atomic E-state index is -0.642. The van der Waals surface area contributed by atoms with Crippen molar-refractivity contribution in [3.8, 4) is 17.0 Å². The number of aromatic amines is 1. The van der Waals surface area contributed by atoms with Crippen LogP contribution in [0, 0.1) is 11.7 Å². The minimum Gasteiger partial charge on any atom is -0.496 e. The average Bonchev–Trinajstić information content (AvgIpc) is 3.64. The molecule has 0 bridgehead atoms. The number of anilines is 1. The van der Waals surface area contributed by atoms with Gasteiger partial charge in [0, 0.05) is 12.1 Å². The van der Waals surface area contributed by atoms with E-state index in [4.69, 9.17) is 10.5 Å². The van der Waals surface area contributed by atoms with Crippen molar-refractivity contribution >= 4 is 22.6 Å².